The zero-order valence-corrected chi connectivity index (χ0v) is 13.4. The first-order valence-electron chi connectivity index (χ1n) is 7.74. The number of thiophene rings is 1. The second-order valence-electron chi connectivity index (χ2n) is 6.27. The largest absolute Gasteiger partial charge is 0.374 e. The van der Waals surface area contributed by atoms with Gasteiger partial charge in [0.05, 0.1) is 12.7 Å². The lowest BCUT2D eigenvalue weighted by atomic mass is 10.2. The number of nitrogens with zero attached hydrogens (tertiary/aromatic N) is 3. The van der Waals surface area contributed by atoms with Crippen molar-refractivity contribution in [1.82, 2.24) is 9.80 Å². The van der Waals surface area contributed by atoms with Crippen LogP contribution in [0.3, 0.4) is 0 Å². The number of hydrogen-bond acceptors (Lipinski definition) is 5. The van der Waals surface area contributed by atoms with Gasteiger partial charge in [-0.15, -0.1) is 11.3 Å². The highest BCUT2D eigenvalue weighted by molar-refractivity contribution is 7.12. The van der Waals surface area contributed by atoms with Crippen LogP contribution in [0.15, 0.2) is 12.1 Å². The van der Waals surface area contributed by atoms with Crippen LogP contribution in [0.4, 0.5) is 0 Å². The van der Waals surface area contributed by atoms with E-state index >= 15 is 0 Å². The minimum absolute atomic E-state index is 0.317. The topological polar surface area (TPSA) is 39.5 Å². The standard InChI is InChI=1S/C16H23N3OS/c1-18(9-13-2-3-13)10-14-11-19(6-7-20-14)12-16-5-4-15(8-17)21-16/h4-5,13-14H,2-3,6-7,9-12H2,1H3. The molecule has 4 nitrogen and oxygen atoms in total. The molecular formula is C16H23N3OS. The summed E-state index contributed by atoms with van der Waals surface area (Å²) in [5.41, 5.74) is 0. The molecule has 1 aliphatic carbocycles. The molecule has 1 saturated heterocycles. The summed E-state index contributed by atoms with van der Waals surface area (Å²) in [5, 5.41) is 8.90. The van der Waals surface area contributed by atoms with E-state index in [4.69, 9.17) is 10.00 Å². The Morgan fingerprint density at radius 2 is 2.29 bits per heavy atom. The molecule has 1 aromatic heterocycles. The summed E-state index contributed by atoms with van der Waals surface area (Å²) < 4.78 is 5.91. The predicted octanol–water partition coefficient (Wildman–Crippen LogP) is 2.16. The summed E-state index contributed by atoms with van der Waals surface area (Å²) in [7, 11) is 2.21. The third-order valence-corrected chi connectivity index (χ3v) is 5.13. The van der Waals surface area contributed by atoms with E-state index in [-0.39, 0.29) is 0 Å². The van der Waals surface area contributed by atoms with E-state index in [1.165, 1.54) is 24.3 Å². The Bertz CT molecular complexity index is 506. The van der Waals surface area contributed by atoms with Crippen LogP contribution in [0, 0.1) is 17.2 Å². The van der Waals surface area contributed by atoms with Crippen LogP contribution < -0.4 is 0 Å². The molecule has 0 bridgehead atoms. The smallest absolute Gasteiger partial charge is 0.110 e. The van der Waals surface area contributed by atoms with Gasteiger partial charge >= 0.3 is 0 Å². The molecule has 1 aliphatic heterocycles. The number of ether oxygens (including phenoxy) is 1. The van der Waals surface area contributed by atoms with Gasteiger partial charge in [0.15, 0.2) is 0 Å². The molecule has 114 valence electrons. The molecule has 0 radical (unpaired) electrons. The Kier molecular flexibility index (Phi) is 4.91. The van der Waals surface area contributed by atoms with Crippen LogP contribution in [0.25, 0.3) is 0 Å². The number of nitriles is 1. The van der Waals surface area contributed by atoms with Gasteiger partial charge in [-0.25, -0.2) is 0 Å². The number of morpholine rings is 1. The van der Waals surface area contributed by atoms with Crippen molar-refractivity contribution in [1.29, 1.82) is 5.26 Å². The molecule has 2 fully saturated rings. The lowest BCUT2D eigenvalue weighted by molar-refractivity contribution is -0.0431. The van der Waals surface area contributed by atoms with Crippen LogP contribution in [0.5, 0.6) is 0 Å². The average Bonchev–Trinajstić information content (AvgIpc) is 3.15. The van der Waals surface area contributed by atoms with Crippen molar-refractivity contribution in [3.8, 4) is 6.07 Å². The monoisotopic (exact) mass is 305 g/mol. The van der Waals surface area contributed by atoms with Crippen molar-refractivity contribution in [3.63, 3.8) is 0 Å². The Balaban J connectivity index is 1.47. The molecular weight excluding hydrogens is 282 g/mol. The molecule has 5 heteroatoms. The summed E-state index contributed by atoms with van der Waals surface area (Å²) in [4.78, 5) is 6.95. The molecule has 2 heterocycles. The summed E-state index contributed by atoms with van der Waals surface area (Å²) in [6.45, 7) is 5.99. The predicted molar refractivity (Wildman–Crippen MR) is 84.3 cm³/mol. The summed E-state index contributed by atoms with van der Waals surface area (Å²) in [6.07, 6.45) is 3.13. The van der Waals surface area contributed by atoms with Gasteiger partial charge in [0, 0.05) is 37.6 Å². The first-order valence-corrected chi connectivity index (χ1v) is 8.56. The fraction of sp³-hybridized carbons (Fsp3) is 0.688. The highest BCUT2D eigenvalue weighted by atomic mass is 32.1. The first kappa shape index (κ1) is 15.0. The average molecular weight is 305 g/mol. The minimum Gasteiger partial charge on any atom is -0.374 e. The lowest BCUT2D eigenvalue weighted by Crippen LogP contribution is -2.46. The summed E-state index contributed by atoms with van der Waals surface area (Å²) in [5.74, 6) is 0.935. The minimum atomic E-state index is 0.317. The highest BCUT2D eigenvalue weighted by Crippen LogP contribution is 2.29. The summed E-state index contributed by atoms with van der Waals surface area (Å²) in [6, 6.07) is 6.21. The van der Waals surface area contributed by atoms with Gasteiger partial charge < -0.3 is 9.64 Å². The fourth-order valence-corrected chi connectivity index (χ4v) is 3.79. The molecule has 3 rings (SSSR count). The van der Waals surface area contributed by atoms with Crippen molar-refractivity contribution in [2.24, 2.45) is 5.92 Å². The maximum atomic E-state index is 8.90. The third kappa shape index (κ3) is 4.52. The van der Waals surface area contributed by atoms with Crippen molar-refractivity contribution in [2.75, 3.05) is 39.8 Å². The number of likely N-dealkylation sites (N-methyl/N-ethyl adjacent to an activating group) is 1. The highest BCUT2D eigenvalue weighted by Gasteiger charge is 2.26. The van der Waals surface area contributed by atoms with E-state index in [0.29, 0.717) is 6.10 Å². The SMILES string of the molecule is CN(CC1CC1)CC1CN(Cc2ccc(C#N)s2)CCO1. The van der Waals surface area contributed by atoms with Gasteiger partial charge in [-0.05, 0) is 37.9 Å². The molecule has 21 heavy (non-hydrogen) atoms. The maximum Gasteiger partial charge on any atom is 0.110 e. The van der Waals surface area contributed by atoms with Crippen LogP contribution in [-0.4, -0.2) is 55.7 Å². The Labute approximate surface area is 130 Å². The van der Waals surface area contributed by atoms with Gasteiger partial charge in [0.1, 0.15) is 10.9 Å². The molecule has 0 N–H and O–H groups in total. The van der Waals surface area contributed by atoms with Crippen molar-refractivity contribution < 1.29 is 4.74 Å². The molecule has 1 unspecified atom stereocenters. The normalized spacial score (nSPS) is 23.4. The van der Waals surface area contributed by atoms with Crippen molar-refractivity contribution in [2.45, 2.75) is 25.5 Å². The van der Waals surface area contributed by atoms with E-state index < -0.39 is 0 Å². The zero-order chi connectivity index (χ0) is 14.7. The van der Waals surface area contributed by atoms with Crippen LogP contribution >= 0.6 is 11.3 Å². The van der Waals surface area contributed by atoms with Gasteiger partial charge in [0.25, 0.3) is 0 Å². The Hall–Kier alpha value is -0.930. The lowest BCUT2D eigenvalue weighted by Gasteiger charge is -2.34. The fourth-order valence-electron chi connectivity index (χ4n) is 2.94. The second kappa shape index (κ2) is 6.89. The van der Waals surface area contributed by atoms with Crippen molar-refractivity contribution in [3.05, 3.63) is 21.9 Å². The van der Waals surface area contributed by atoms with Crippen molar-refractivity contribution >= 4 is 11.3 Å². The van der Waals surface area contributed by atoms with E-state index in [2.05, 4.69) is 29.0 Å². The van der Waals surface area contributed by atoms with Crippen LogP contribution in [0.2, 0.25) is 0 Å². The quantitative estimate of drug-likeness (QED) is 0.807. The Morgan fingerprint density at radius 3 is 3.00 bits per heavy atom. The molecule has 0 aromatic carbocycles. The maximum absolute atomic E-state index is 8.90. The van der Waals surface area contributed by atoms with Gasteiger partial charge in [-0.3, -0.25) is 4.90 Å². The first-order chi connectivity index (χ1) is 10.2. The van der Waals surface area contributed by atoms with Crippen LogP contribution in [-0.2, 0) is 11.3 Å². The number of hydrogen-bond donors (Lipinski definition) is 0. The van der Waals surface area contributed by atoms with E-state index in [0.717, 1.165) is 43.6 Å². The third-order valence-electron chi connectivity index (χ3n) is 4.16. The van der Waals surface area contributed by atoms with Gasteiger partial charge in [-0.1, -0.05) is 0 Å². The second-order valence-corrected chi connectivity index (χ2v) is 7.44. The molecule has 2 aliphatic rings. The van der Waals surface area contributed by atoms with E-state index in [1.54, 1.807) is 11.3 Å². The number of rotatable bonds is 6. The summed E-state index contributed by atoms with van der Waals surface area (Å²) >= 11 is 1.60. The van der Waals surface area contributed by atoms with E-state index in [1.807, 2.05) is 6.07 Å². The van der Waals surface area contributed by atoms with Gasteiger partial charge in [-0.2, -0.15) is 5.26 Å². The molecule has 1 saturated carbocycles. The Morgan fingerprint density at radius 1 is 1.43 bits per heavy atom. The van der Waals surface area contributed by atoms with Gasteiger partial charge in [0.2, 0.25) is 0 Å². The molecule has 1 aromatic rings. The van der Waals surface area contributed by atoms with E-state index in [9.17, 15) is 0 Å². The molecule has 1 atom stereocenters. The molecule has 0 amide bonds. The van der Waals surface area contributed by atoms with Crippen LogP contribution in [0.1, 0.15) is 22.6 Å². The zero-order valence-electron chi connectivity index (χ0n) is 12.6. The molecule has 0 spiro atoms.